The van der Waals surface area contributed by atoms with Crippen molar-refractivity contribution in [3.05, 3.63) is 71.7 Å². The van der Waals surface area contributed by atoms with E-state index in [1.165, 1.54) is 18.2 Å². The third-order valence-corrected chi connectivity index (χ3v) is 6.86. The molecule has 0 bridgehead atoms. The molecule has 0 radical (unpaired) electrons. The summed E-state index contributed by atoms with van der Waals surface area (Å²) in [5.41, 5.74) is 0.960. The zero-order valence-electron chi connectivity index (χ0n) is 19.4. The van der Waals surface area contributed by atoms with Crippen LogP contribution in [-0.2, 0) is 6.54 Å². The molecule has 0 spiro atoms. The third kappa shape index (κ3) is 6.51. The fourth-order valence-electron chi connectivity index (χ4n) is 3.79. The highest BCUT2D eigenvalue weighted by atomic mass is 35.5. The van der Waals surface area contributed by atoms with Crippen molar-refractivity contribution < 1.29 is 4.42 Å². The highest BCUT2D eigenvalue weighted by Gasteiger charge is 2.16. The van der Waals surface area contributed by atoms with Crippen LogP contribution in [0.5, 0.6) is 0 Å². The first kappa shape index (κ1) is 24.5. The molecular weight excluding hydrogens is 514 g/mol. The Kier molecular flexibility index (Phi) is 7.95. The fourth-order valence-corrected chi connectivity index (χ4v) is 4.79. The summed E-state index contributed by atoms with van der Waals surface area (Å²) in [7, 11) is 0. The Balaban J connectivity index is 1.26. The largest absolute Gasteiger partial charge is 0.459 e. The molecule has 5 rings (SSSR count). The molecule has 3 aromatic heterocycles. The first-order valence-corrected chi connectivity index (χ1v) is 13.2. The van der Waals surface area contributed by atoms with E-state index < -0.39 is 0 Å². The number of hydrogen-bond acceptors (Lipinski definition) is 8. The van der Waals surface area contributed by atoms with Crippen LogP contribution in [-0.4, -0.2) is 38.1 Å². The van der Waals surface area contributed by atoms with Crippen molar-refractivity contribution in [3.63, 3.8) is 0 Å². The SMILES string of the molecule is S=C(NCc1ccc(-c2ccc(Cl)cc2)o1)Nc1nc(Sc2ncccn2)cc(N2CCCCC2)n1. The topological polar surface area (TPSA) is 92.0 Å². The molecule has 184 valence electrons. The van der Waals surface area contributed by atoms with Gasteiger partial charge in [-0.05, 0) is 85.7 Å². The Morgan fingerprint density at radius 2 is 1.81 bits per heavy atom. The van der Waals surface area contributed by atoms with Crippen LogP contribution in [0.1, 0.15) is 25.0 Å². The van der Waals surface area contributed by atoms with Gasteiger partial charge in [0.1, 0.15) is 22.4 Å². The quantitative estimate of drug-likeness (QED) is 0.171. The van der Waals surface area contributed by atoms with Crippen LogP contribution in [0.25, 0.3) is 11.3 Å². The maximum atomic E-state index is 5.98. The molecule has 1 saturated heterocycles. The van der Waals surface area contributed by atoms with E-state index in [1.807, 2.05) is 42.5 Å². The summed E-state index contributed by atoms with van der Waals surface area (Å²) in [6.45, 7) is 2.36. The monoisotopic (exact) mass is 537 g/mol. The molecule has 0 amide bonds. The fraction of sp³-hybridized carbons (Fsp3) is 0.240. The summed E-state index contributed by atoms with van der Waals surface area (Å²) < 4.78 is 5.95. The normalized spacial score (nSPS) is 13.4. The van der Waals surface area contributed by atoms with Gasteiger partial charge < -0.3 is 20.0 Å². The van der Waals surface area contributed by atoms with E-state index in [9.17, 15) is 0 Å². The highest BCUT2D eigenvalue weighted by molar-refractivity contribution is 7.99. The number of hydrogen-bond donors (Lipinski definition) is 2. The zero-order valence-corrected chi connectivity index (χ0v) is 21.7. The Morgan fingerprint density at radius 3 is 2.58 bits per heavy atom. The summed E-state index contributed by atoms with van der Waals surface area (Å²) in [6.07, 6.45) is 6.98. The molecule has 0 unspecified atom stereocenters. The number of anilines is 2. The molecule has 0 saturated carbocycles. The molecule has 4 heterocycles. The van der Waals surface area contributed by atoms with E-state index in [0.29, 0.717) is 27.8 Å². The Morgan fingerprint density at radius 1 is 1.03 bits per heavy atom. The molecule has 8 nitrogen and oxygen atoms in total. The Labute approximate surface area is 223 Å². The van der Waals surface area contributed by atoms with Gasteiger partial charge in [-0.2, -0.15) is 4.98 Å². The van der Waals surface area contributed by atoms with Crippen molar-refractivity contribution in [1.29, 1.82) is 0 Å². The van der Waals surface area contributed by atoms with Gasteiger partial charge in [-0.1, -0.05) is 11.6 Å². The van der Waals surface area contributed by atoms with E-state index in [1.54, 1.807) is 18.5 Å². The molecule has 0 atom stereocenters. The average Bonchev–Trinajstić information content (AvgIpc) is 3.38. The van der Waals surface area contributed by atoms with Crippen LogP contribution in [0.3, 0.4) is 0 Å². The van der Waals surface area contributed by atoms with Crippen molar-refractivity contribution in [3.8, 4) is 11.3 Å². The highest BCUT2D eigenvalue weighted by Crippen LogP contribution is 2.28. The zero-order chi connectivity index (χ0) is 24.7. The number of rotatable bonds is 7. The summed E-state index contributed by atoms with van der Waals surface area (Å²) in [4.78, 5) is 20.3. The van der Waals surface area contributed by atoms with Crippen molar-refractivity contribution >= 4 is 52.5 Å². The second kappa shape index (κ2) is 11.7. The van der Waals surface area contributed by atoms with Crippen LogP contribution >= 0.6 is 35.6 Å². The molecule has 1 fully saturated rings. The van der Waals surface area contributed by atoms with Crippen molar-refractivity contribution in [2.45, 2.75) is 36.0 Å². The maximum absolute atomic E-state index is 5.98. The van der Waals surface area contributed by atoms with Gasteiger partial charge in [0.15, 0.2) is 10.3 Å². The van der Waals surface area contributed by atoms with E-state index in [2.05, 4.69) is 30.5 Å². The van der Waals surface area contributed by atoms with Crippen LogP contribution in [0.4, 0.5) is 11.8 Å². The summed E-state index contributed by atoms with van der Waals surface area (Å²) >= 11 is 12.9. The lowest BCUT2D eigenvalue weighted by Gasteiger charge is -2.28. The molecule has 1 aliphatic rings. The third-order valence-electron chi connectivity index (χ3n) is 5.55. The minimum atomic E-state index is 0.405. The minimum absolute atomic E-state index is 0.405. The maximum Gasteiger partial charge on any atom is 0.232 e. The van der Waals surface area contributed by atoms with Gasteiger partial charge in [-0.25, -0.2) is 15.0 Å². The molecule has 4 aromatic rings. The summed E-state index contributed by atoms with van der Waals surface area (Å²) in [6, 6.07) is 15.1. The van der Waals surface area contributed by atoms with Gasteiger partial charge in [0.05, 0.1) is 6.54 Å². The lowest BCUT2D eigenvalue weighted by molar-refractivity contribution is 0.516. The molecule has 36 heavy (non-hydrogen) atoms. The summed E-state index contributed by atoms with van der Waals surface area (Å²) in [5, 5.41) is 8.76. The first-order chi connectivity index (χ1) is 17.6. The smallest absolute Gasteiger partial charge is 0.232 e. The van der Waals surface area contributed by atoms with Crippen molar-refractivity contribution in [1.82, 2.24) is 25.3 Å². The van der Waals surface area contributed by atoms with E-state index >= 15 is 0 Å². The number of benzene rings is 1. The number of furan rings is 1. The predicted octanol–water partition coefficient (Wildman–Crippen LogP) is 5.81. The molecule has 1 aliphatic heterocycles. The van der Waals surface area contributed by atoms with Gasteiger partial charge in [0, 0.05) is 42.1 Å². The predicted molar refractivity (Wildman–Crippen MR) is 146 cm³/mol. The lowest BCUT2D eigenvalue weighted by atomic mass is 10.1. The first-order valence-electron chi connectivity index (χ1n) is 11.6. The summed E-state index contributed by atoms with van der Waals surface area (Å²) in [5.74, 6) is 2.82. The lowest BCUT2D eigenvalue weighted by Crippen LogP contribution is -2.31. The second-order valence-corrected chi connectivity index (χ2v) is 9.98. The standard InChI is InChI=1S/C25H24ClN7OS2/c26-18-7-5-17(6-8-18)20-10-9-19(34-20)16-29-24(35)32-23-30-21(33-13-2-1-3-14-33)15-22(31-23)36-25-27-11-4-12-28-25/h4-12,15H,1-3,13-14,16H2,(H2,29,30,31,32,35). The number of halogens is 1. The van der Waals surface area contributed by atoms with Crippen LogP contribution in [0, 0.1) is 0 Å². The average molecular weight is 538 g/mol. The van der Waals surface area contributed by atoms with E-state index in [0.717, 1.165) is 53.9 Å². The van der Waals surface area contributed by atoms with Crippen molar-refractivity contribution in [2.24, 2.45) is 0 Å². The van der Waals surface area contributed by atoms with Crippen molar-refractivity contribution in [2.75, 3.05) is 23.3 Å². The van der Waals surface area contributed by atoms with Crippen LogP contribution < -0.4 is 15.5 Å². The number of thiocarbonyl (C=S) groups is 1. The Bertz CT molecular complexity index is 1310. The number of nitrogens with one attached hydrogen (secondary N) is 2. The molecule has 1 aromatic carbocycles. The van der Waals surface area contributed by atoms with Gasteiger partial charge in [0.2, 0.25) is 5.95 Å². The van der Waals surface area contributed by atoms with Gasteiger partial charge in [-0.15, -0.1) is 0 Å². The van der Waals surface area contributed by atoms with Gasteiger partial charge in [0.25, 0.3) is 0 Å². The molecule has 0 aliphatic carbocycles. The second-order valence-electron chi connectivity index (χ2n) is 8.15. The van der Waals surface area contributed by atoms with E-state index in [4.69, 9.17) is 33.2 Å². The van der Waals surface area contributed by atoms with Gasteiger partial charge >= 0.3 is 0 Å². The van der Waals surface area contributed by atoms with Crippen LogP contribution in [0.2, 0.25) is 5.02 Å². The number of aromatic nitrogens is 4. The molecule has 11 heteroatoms. The number of nitrogens with zero attached hydrogens (tertiary/aromatic N) is 5. The molecule has 2 N–H and O–H groups in total. The van der Waals surface area contributed by atoms with E-state index in [-0.39, 0.29) is 0 Å². The minimum Gasteiger partial charge on any atom is -0.459 e. The Hall–Kier alpha value is -3.21. The van der Waals surface area contributed by atoms with Gasteiger partial charge in [-0.3, -0.25) is 0 Å². The molecular formula is C25H24ClN7OS2. The van der Waals surface area contributed by atoms with Crippen LogP contribution in [0.15, 0.2) is 75.5 Å². The number of piperidine rings is 1.